The highest BCUT2D eigenvalue weighted by atomic mass is 32.2. The zero-order chi connectivity index (χ0) is 34.5. The molecule has 0 saturated carbocycles. The van der Waals surface area contributed by atoms with Crippen molar-refractivity contribution in [1.82, 2.24) is 9.88 Å². The molecule has 11 nitrogen and oxygen atoms in total. The van der Waals surface area contributed by atoms with Crippen LogP contribution in [0.5, 0.6) is 23.1 Å². The predicted molar refractivity (Wildman–Crippen MR) is 163 cm³/mol. The molecule has 48 heavy (non-hydrogen) atoms. The number of hydrogen-bond acceptors (Lipinski definition) is 9. The molecule has 0 aliphatic carbocycles. The van der Waals surface area contributed by atoms with Crippen LogP contribution in [0, 0.1) is 5.82 Å². The normalized spacial score (nSPS) is 14.8. The lowest BCUT2D eigenvalue weighted by Gasteiger charge is -2.30. The fraction of sp³-hybridized carbons (Fsp3) is 0.250. The summed E-state index contributed by atoms with van der Waals surface area (Å²) in [4.78, 5) is 18.6. The van der Waals surface area contributed by atoms with E-state index in [4.69, 9.17) is 18.9 Å². The van der Waals surface area contributed by atoms with Crippen LogP contribution in [0.2, 0.25) is 0 Å². The van der Waals surface area contributed by atoms with Crippen molar-refractivity contribution in [3.8, 4) is 23.1 Å². The fourth-order valence-corrected chi connectivity index (χ4v) is 6.04. The van der Waals surface area contributed by atoms with Crippen LogP contribution >= 0.6 is 0 Å². The number of rotatable bonds is 12. The molecule has 1 aromatic heterocycles. The lowest BCUT2D eigenvalue weighted by molar-refractivity contribution is -0.275. The van der Waals surface area contributed by atoms with Gasteiger partial charge in [-0.15, -0.1) is 13.2 Å². The number of alkyl halides is 3. The molecule has 0 unspecified atom stereocenters. The maximum absolute atomic E-state index is 14.2. The first-order valence-corrected chi connectivity index (χ1v) is 15.7. The minimum atomic E-state index is -5.26. The van der Waals surface area contributed by atoms with Crippen molar-refractivity contribution >= 4 is 21.6 Å². The van der Waals surface area contributed by atoms with E-state index in [2.05, 4.69) is 9.72 Å². The first kappa shape index (κ1) is 34.3. The van der Waals surface area contributed by atoms with Crippen LogP contribution in [-0.4, -0.2) is 64.0 Å². The van der Waals surface area contributed by atoms with Gasteiger partial charge in [-0.1, -0.05) is 30.3 Å². The van der Waals surface area contributed by atoms with Gasteiger partial charge in [0.15, 0.2) is 0 Å². The zero-order valence-electron chi connectivity index (χ0n) is 25.5. The van der Waals surface area contributed by atoms with E-state index in [0.717, 1.165) is 17.8 Å². The highest BCUT2D eigenvalue weighted by Crippen LogP contribution is 2.34. The van der Waals surface area contributed by atoms with Crippen LogP contribution in [0.1, 0.15) is 21.5 Å². The Kier molecular flexibility index (Phi) is 10.2. The lowest BCUT2D eigenvalue weighted by atomic mass is 10.1. The smallest absolute Gasteiger partial charge is 0.497 e. The molecule has 0 spiro atoms. The van der Waals surface area contributed by atoms with Crippen LogP contribution in [0.3, 0.4) is 0 Å². The molecule has 4 aromatic rings. The van der Waals surface area contributed by atoms with Crippen LogP contribution in [0.15, 0.2) is 83.9 Å². The highest BCUT2D eigenvalue weighted by Gasteiger charge is 2.36. The van der Waals surface area contributed by atoms with Crippen molar-refractivity contribution < 1.29 is 54.5 Å². The van der Waals surface area contributed by atoms with Gasteiger partial charge in [0.2, 0.25) is 5.88 Å². The maximum Gasteiger partial charge on any atom is 0.573 e. The Balaban J connectivity index is 1.46. The number of methoxy groups -OCH3 is 2. The Morgan fingerprint density at radius 2 is 1.77 bits per heavy atom. The molecule has 1 amide bonds. The average molecular weight is 692 g/mol. The standard InChI is InChI=1S/C32H29F4N3O8S/c1-43-25-10-8-21(28(14-25)44-2)16-39-24(18-45-17-20-6-4-3-5-7-20)19-46-30-26(31(39)40)13-23(15-37-30)38-48(41,42)29-12-22(33)9-11-27(29)47-32(34,35)36/h3-15,24,38H,16-19H2,1-2H3/t24-/m0/s1. The van der Waals surface area contributed by atoms with Crippen molar-refractivity contribution in [2.75, 3.05) is 32.2 Å². The van der Waals surface area contributed by atoms with Crippen LogP contribution < -0.4 is 23.7 Å². The fourth-order valence-electron chi connectivity index (χ4n) is 4.86. The molecule has 5 rings (SSSR count). The van der Waals surface area contributed by atoms with Crippen molar-refractivity contribution in [2.45, 2.75) is 30.5 Å². The topological polar surface area (TPSA) is 126 Å². The Morgan fingerprint density at radius 1 is 1.00 bits per heavy atom. The minimum absolute atomic E-state index is 0.00551. The molecular formula is C32H29F4N3O8S. The summed E-state index contributed by atoms with van der Waals surface area (Å²) in [6.07, 6.45) is -4.24. The van der Waals surface area contributed by atoms with Crippen molar-refractivity contribution in [3.63, 3.8) is 0 Å². The Labute approximate surface area is 273 Å². The second-order valence-corrected chi connectivity index (χ2v) is 12.0. The summed E-state index contributed by atoms with van der Waals surface area (Å²) in [7, 11) is -1.92. The predicted octanol–water partition coefficient (Wildman–Crippen LogP) is 5.56. The van der Waals surface area contributed by atoms with E-state index in [1.165, 1.54) is 19.1 Å². The SMILES string of the molecule is COc1ccc(CN2C(=O)c3cc(NS(=O)(=O)c4cc(F)ccc4OC(F)(F)F)cnc3OC[C@@H]2COCc2ccccc2)c(OC)c1. The van der Waals surface area contributed by atoms with Crippen molar-refractivity contribution in [2.24, 2.45) is 0 Å². The third kappa shape index (κ3) is 8.24. The number of pyridine rings is 1. The van der Waals surface area contributed by atoms with Gasteiger partial charge in [0.05, 0.1) is 51.9 Å². The number of halogens is 4. The summed E-state index contributed by atoms with van der Waals surface area (Å²) in [6.45, 7) is 0.258. The number of carbonyl (C=O) groups is 1. The first-order chi connectivity index (χ1) is 22.9. The molecule has 1 aliphatic rings. The van der Waals surface area contributed by atoms with Crippen molar-refractivity contribution in [1.29, 1.82) is 0 Å². The number of nitrogens with one attached hydrogen (secondary N) is 1. The van der Waals surface area contributed by atoms with E-state index in [1.807, 2.05) is 35.1 Å². The van der Waals surface area contributed by atoms with E-state index in [-0.39, 0.29) is 43.5 Å². The Bertz CT molecular complexity index is 1880. The van der Waals surface area contributed by atoms with Crippen molar-refractivity contribution in [3.05, 3.63) is 102 Å². The van der Waals surface area contributed by atoms with E-state index in [1.54, 1.807) is 18.2 Å². The molecule has 1 aliphatic heterocycles. The quantitative estimate of drug-likeness (QED) is 0.190. The van der Waals surface area contributed by atoms with Gasteiger partial charge in [0, 0.05) is 11.6 Å². The molecule has 2 heterocycles. The summed E-state index contributed by atoms with van der Waals surface area (Å²) >= 11 is 0. The average Bonchev–Trinajstić information content (AvgIpc) is 3.17. The van der Waals surface area contributed by atoms with E-state index in [9.17, 15) is 30.8 Å². The number of amides is 1. The number of anilines is 1. The molecule has 0 bridgehead atoms. The number of carbonyl (C=O) groups excluding carboxylic acids is 1. The molecular weight excluding hydrogens is 662 g/mol. The monoisotopic (exact) mass is 691 g/mol. The summed E-state index contributed by atoms with van der Waals surface area (Å²) in [5, 5.41) is 0. The number of aromatic nitrogens is 1. The van der Waals surface area contributed by atoms with Gasteiger partial charge in [0.1, 0.15) is 40.1 Å². The number of hydrogen-bond donors (Lipinski definition) is 1. The minimum Gasteiger partial charge on any atom is -0.497 e. The highest BCUT2D eigenvalue weighted by molar-refractivity contribution is 7.92. The molecule has 254 valence electrons. The third-order valence-electron chi connectivity index (χ3n) is 7.13. The van der Waals surface area contributed by atoms with E-state index in [0.29, 0.717) is 35.3 Å². The molecule has 0 fully saturated rings. The number of nitrogens with zero attached hydrogens (tertiary/aromatic N) is 2. The van der Waals surface area contributed by atoms with Crippen LogP contribution in [0.4, 0.5) is 23.2 Å². The van der Waals surface area contributed by atoms with Crippen LogP contribution in [0.25, 0.3) is 0 Å². The Hall–Kier alpha value is -5.09. The first-order valence-electron chi connectivity index (χ1n) is 14.2. The molecule has 1 N–H and O–H groups in total. The van der Waals surface area contributed by atoms with E-state index < -0.39 is 44.8 Å². The second kappa shape index (κ2) is 14.4. The lowest BCUT2D eigenvalue weighted by Crippen LogP contribution is -2.44. The molecule has 3 aromatic carbocycles. The second-order valence-electron chi connectivity index (χ2n) is 10.4. The van der Waals surface area contributed by atoms with Gasteiger partial charge >= 0.3 is 6.36 Å². The summed E-state index contributed by atoms with van der Waals surface area (Å²) in [5.41, 5.74) is 1.05. The summed E-state index contributed by atoms with van der Waals surface area (Å²) < 4.78 is 108. The molecule has 0 radical (unpaired) electrons. The number of sulfonamides is 1. The number of ether oxygens (including phenoxy) is 5. The van der Waals surface area contributed by atoms with Gasteiger partial charge in [-0.25, -0.2) is 17.8 Å². The van der Waals surface area contributed by atoms with Gasteiger partial charge in [0.25, 0.3) is 15.9 Å². The third-order valence-corrected chi connectivity index (χ3v) is 8.53. The van der Waals surface area contributed by atoms with Gasteiger partial charge in [-0.3, -0.25) is 9.52 Å². The number of fused-ring (bicyclic) bond motifs is 1. The zero-order valence-corrected chi connectivity index (χ0v) is 26.3. The summed E-state index contributed by atoms with van der Waals surface area (Å²) in [5.74, 6) is -2.06. The molecule has 16 heteroatoms. The van der Waals surface area contributed by atoms with Gasteiger partial charge in [-0.2, -0.15) is 0 Å². The molecule has 1 atom stereocenters. The summed E-state index contributed by atoms with van der Waals surface area (Å²) in [6, 6.07) is 16.5. The van der Waals surface area contributed by atoms with E-state index >= 15 is 0 Å². The van der Waals surface area contributed by atoms with Gasteiger partial charge < -0.3 is 28.6 Å². The number of benzene rings is 3. The largest absolute Gasteiger partial charge is 0.573 e. The molecule has 0 saturated heterocycles. The van der Waals surface area contributed by atoms with Gasteiger partial charge in [-0.05, 0) is 42.0 Å². The van der Waals surface area contributed by atoms with Crippen LogP contribution in [-0.2, 0) is 27.9 Å². The maximum atomic E-state index is 14.2. The Morgan fingerprint density at radius 3 is 2.48 bits per heavy atom.